The molecule has 146 valence electrons. The van der Waals surface area contributed by atoms with Crippen LogP contribution in [-0.2, 0) is 4.79 Å². The van der Waals surface area contributed by atoms with E-state index in [0.29, 0.717) is 21.2 Å². The van der Waals surface area contributed by atoms with E-state index in [1.165, 1.54) is 23.9 Å². The Morgan fingerprint density at radius 1 is 1.14 bits per heavy atom. The van der Waals surface area contributed by atoms with Gasteiger partial charge in [-0.25, -0.2) is 4.98 Å². The maximum atomic E-state index is 13.9. The van der Waals surface area contributed by atoms with Crippen LogP contribution in [0.5, 0.6) is 0 Å². The quantitative estimate of drug-likeness (QED) is 0.757. The molecule has 4 rings (SSSR count). The highest BCUT2D eigenvalue weighted by molar-refractivity contribution is 8.01. The third-order valence-corrected chi connectivity index (χ3v) is 5.98. The lowest BCUT2D eigenvalue weighted by Gasteiger charge is -2.34. The van der Waals surface area contributed by atoms with Crippen molar-refractivity contribution in [2.24, 2.45) is 4.99 Å². The molecule has 2 aliphatic rings. The number of amides is 1. The Morgan fingerprint density at radius 2 is 1.82 bits per heavy atom. The van der Waals surface area contributed by atoms with Crippen molar-refractivity contribution in [3.8, 4) is 0 Å². The van der Waals surface area contributed by atoms with E-state index in [1.807, 2.05) is 6.92 Å². The van der Waals surface area contributed by atoms with Crippen molar-refractivity contribution in [1.29, 1.82) is 0 Å². The van der Waals surface area contributed by atoms with Crippen molar-refractivity contribution in [3.63, 3.8) is 0 Å². The summed E-state index contributed by atoms with van der Waals surface area (Å²) in [6, 6.07) is 7.16. The first-order chi connectivity index (χ1) is 13.2. The van der Waals surface area contributed by atoms with E-state index in [9.17, 15) is 18.0 Å². The first kappa shape index (κ1) is 18.8. The molecule has 0 aliphatic carbocycles. The Morgan fingerprint density at radius 3 is 2.43 bits per heavy atom. The van der Waals surface area contributed by atoms with Crippen molar-refractivity contribution in [3.05, 3.63) is 47.7 Å². The molecule has 2 atom stereocenters. The highest BCUT2D eigenvalue weighted by Gasteiger charge is 2.53. The van der Waals surface area contributed by atoms with E-state index >= 15 is 0 Å². The molecule has 9 heteroatoms. The number of fused-ring (bicyclic) bond motifs is 3. The lowest BCUT2D eigenvalue weighted by molar-refractivity contribution is -0.119. The number of thioether (sulfide) groups is 1. The standard InChI is InChI=1S/C19H17F3N4OS/c1-10-4-6-11(7-5-10)26-17(27)15-14(24-18(26)19(20,21)22)13-12(25(2)3)8-9-23-16(13)28-15/h4-9,14-15H,1-3H3. The number of alkyl halides is 3. The van der Waals surface area contributed by atoms with Crippen molar-refractivity contribution in [2.45, 2.75) is 29.4 Å². The highest BCUT2D eigenvalue weighted by Crippen LogP contribution is 2.52. The Balaban J connectivity index is 1.88. The van der Waals surface area contributed by atoms with Crippen LogP contribution in [0.15, 0.2) is 46.5 Å². The molecule has 1 aromatic heterocycles. The van der Waals surface area contributed by atoms with Gasteiger partial charge in [-0.05, 0) is 25.1 Å². The van der Waals surface area contributed by atoms with Gasteiger partial charge in [-0.3, -0.25) is 14.7 Å². The molecule has 0 N–H and O–H groups in total. The number of hydrogen-bond donors (Lipinski definition) is 0. The van der Waals surface area contributed by atoms with Crippen LogP contribution in [0.2, 0.25) is 0 Å². The molecule has 2 aromatic rings. The van der Waals surface area contributed by atoms with Gasteiger partial charge in [-0.2, -0.15) is 13.2 Å². The molecule has 0 spiro atoms. The minimum Gasteiger partial charge on any atom is -0.377 e. The van der Waals surface area contributed by atoms with E-state index in [0.717, 1.165) is 5.56 Å². The molecule has 0 radical (unpaired) electrons. The number of aliphatic imine (C=N–C) groups is 1. The maximum Gasteiger partial charge on any atom is 0.449 e. The fraction of sp³-hybridized carbons (Fsp3) is 0.316. The second-order valence-electron chi connectivity index (χ2n) is 6.89. The summed E-state index contributed by atoms with van der Waals surface area (Å²) in [5, 5.41) is -0.235. The number of rotatable bonds is 2. The molecule has 2 unspecified atom stereocenters. The van der Waals surface area contributed by atoms with Gasteiger partial charge in [0.05, 0.1) is 5.69 Å². The van der Waals surface area contributed by atoms with Gasteiger partial charge in [0, 0.05) is 31.5 Å². The number of benzene rings is 1. The van der Waals surface area contributed by atoms with E-state index in [1.54, 1.807) is 43.4 Å². The van der Waals surface area contributed by atoms with Crippen LogP contribution in [0.1, 0.15) is 17.2 Å². The zero-order valence-corrected chi connectivity index (χ0v) is 16.2. The molecule has 0 bridgehead atoms. The van der Waals surface area contributed by atoms with Crippen LogP contribution in [0.4, 0.5) is 24.5 Å². The summed E-state index contributed by atoms with van der Waals surface area (Å²) in [7, 11) is 3.59. The van der Waals surface area contributed by atoms with Crippen LogP contribution in [0, 0.1) is 6.92 Å². The van der Waals surface area contributed by atoms with Crippen molar-refractivity contribution < 1.29 is 18.0 Å². The third-order valence-electron chi connectivity index (χ3n) is 4.72. The number of carbonyl (C=O) groups excluding carboxylic acids is 1. The first-order valence-electron chi connectivity index (χ1n) is 8.57. The monoisotopic (exact) mass is 406 g/mol. The summed E-state index contributed by atoms with van der Waals surface area (Å²) in [6.07, 6.45) is -3.17. The zero-order valence-electron chi connectivity index (χ0n) is 15.4. The number of aromatic nitrogens is 1. The molecule has 1 aromatic carbocycles. The van der Waals surface area contributed by atoms with Gasteiger partial charge in [-0.15, -0.1) is 0 Å². The number of carbonyl (C=O) groups is 1. The Labute approximate surface area is 164 Å². The average molecular weight is 406 g/mol. The van der Waals surface area contributed by atoms with Gasteiger partial charge in [0.2, 0.25) is 11.7 Å². The average Bonchev–Trinajstić information content (AvgIpc) is 3.01. The number of anilines is 2. The molecule has 28 heavy (non-hydrogen) atoms. The fourth-order valence-corrected chi connectivity index (χ4v) is 4.67. The molecule has 0 fully saturated rings. The van der Waals surface area contributed by atoms with E-state index in [4.69, 9.17) is 0 Å². The summed E-state index contributed by atoms with van der Waals surface area (Å²) in [5.41, 5.74) is 2.33. The van der Waals surface area contributed by atoms with Gasteiger partial charge in [-0.1, -0.05) is 29.5 Å². The number of hydrogen-bond acceptors (Lipinski definition) is 5. The Kier molecular flexibility index (Phi) is 4.37. The second-order valence-corrected chi connectivity index (χ2v) is 8.02. The second kappa shape index (κ2) is 6.51. The third kappa shape index (κ3) is 2.94. The zero-order chi connectivity index (χ0) is 20.2. The lowest BCUT2D eigenvalue weighted by atomic mass is 10.0. The summed E-state index contributed by atoms with van der Waals surface area (Å²) in [6.45, 7) is 1.83. The summed E-state index contributed by atoms with van der Waals surface area (Å²) >= 11 is 1.17. The van der Waals surface area contributed by atoms with Gasteiger partial charge >= 0.3 is 6.18 Å². The molecule has 1 amide bonds. The lowest BCUT2D eigenvalue weighted by Crippen LogP contribution is -2.52. The minimum absolute atomic E-state index is 0.155. The smallest absolute Gasteiger partial charge is 0.377 e. The van der Waals surface area contributed by atoms with Gasteiger partial charge in [0.25, 0.3) is 0 Å². The number of amidine groups is 1. The topological polar surface area (TPSA) is 48.8 Å². The molecule has 3 heterocycles. The van der Waals surface area contributed by atoms with Crippen LogP contribution in [0.25, 0.3) is 0 Å². The number of halogens is 3. The van der Waals surface area contributed by atoms with Crippen LogP contribution in [0.3, 0.4) is 0 Å². The van der Waals surface area contributed by atoms with Crippen LogP contribution < -0.4 is 9.80 Å². The van der Waals surface area contributed by atoms with Gasteiger partial charge in [0.15, 0.2) is 0 Å². The van der Waals surface area contributed by atoms with Gasteiger partial charge < -0.3 is 4.90 Å². The first-order valence-corrected chi connectivity index (χ1v) is 9.45. The predicted octanol–water partition coefficient (Wildman–Crippen LogP) is 3.98. The molecule has 0 saturated heterocycles. The fourth-order valence-electron chi connectivity index (χ4n) is 3.42. The van der Waals surface area contributed by atoms with Crippen molar-refractivity contribution >= 4 is 34.9 Å². The largest absolute Gasteiger partial charge is 0.449 e. The van der Waals surface area contributed by atoms with Gasteiger partial charge in [0.1, 0.15) is 16.3 Å². The SMILES string of the molecule is Cc1ccc(N2C(=O)C3Sc4nccc(N(C)C)c4C3N=C2C(F)(F)F)cc1. The normalized spacial score (nSPS) is 21.3. The van der Waals surface area contributed by atoms with E-state index in [-0.39, 0.29) is 5.69 Å². The Bertz CT molecular complexity index is 972. The van der Waals surface area contributed by atoms with Crippen molar-refractivity contribution in [2.75, 3.05) is 23.9 Å². The number of aryl methyl sites for hydroxylation is 1. The predicted molar refractivity (Wildman–Crippen MR) is 103 cm³/mol. The molecule has 0 saturated carbocycles. The maximum absolute atomic E-state index is 13.9. The molecular weight excluding hydrogens is 389 g/mol. The number of nitrogens with zero attached hydrogens (tertiary/aromatic N) is 4. The van der Waals surface area contributed by atoms with Crippen LogP contribution >= 0.6 is 11.8 Å². The minimum atomic E-state index is -4.76. The highest BCUT2D eigenvalue weighted by atomic mass is 32.2. The van der Waals surface area contributed by atoms with E-state index in [2.05, 4.69) is 9.98 Å². The van der Waals surface area contributed by atoms with Crippen molar-refractivity contribution in [1.82, 2.24) is 4.98 Å². The molecule has 5 nitrogen and oxygen atoms in total. The Hall–Kier alpha value is -2.55. The molecular formula is C19H17F3N4OS. The van der Waals surface area contributed by atoms with Crippen LogP contribution in [-0.4, -0.2) is 42.2 Å². The summed E-state index contributed by atoms with van der Waals surface area (Å²) in [4.78, 5) is 24.0. The molecule has 2 aliphatic heterocycles. The summed E-state index contributed by atoms with van der Waals surface area (Å²) in [5.74, 6) is -1.83. The summed E-state index contributed by atoms with van der Waals surface area (Å²) < 4.78 is 41.6. The van der Waals surface area contributed by atoms with E-state index < -0.39 is 29.2 Å². The number of pyridine rings is 1.